The van der Waals surface area contributed by atoms with E-state index in [1.54, 1.807) is 25.1 Å². The standard InChI is InChI=1S/C15H18N2O2S/c1-2-20(18,19)15-6-4-3-5-14(15)17-11-12-7-9-13(16)10-8-12/h3-10,17H,2,11,16H2,1H3. The number of nitrogens with one attached hydrogen (secondary N) is 1. The molecule has 20 heavy (non-hydrogen) atoms. The summed E-state index contributed by atoms with van der Waals surface area (Å²) in [5.74, 6) is 0.0908. The van der Waals surface area contributed by atoms with E-state index in [2.05, 4.69) is 5.32 Å². The fourth-order valence-corrected chi connectivity index (χ4v) is 2.94. The van der Waals surface area contributed by atoms with Gasteiger partial charge in [0.1, 0.15) is 0 Å². The second-order valence-electron chi connectivity index (χ2n) is 4.49. The minimum Gasteiger partial charge on any atom is -0.399 e. The van der Waals surface area contributed by atoms with E-state index in [1.807, 2.05) is 30.3 Å². The van der Waals surface area contributed by atoms with Crippen LogP contribution < -0.4 is 11.1 Å². The van der Waals surface area contributed by atoms with Crippen LogP contribution in [0.2, 0.25) is 0 Å². The Labute approximate surface area is 119 Å². The number of para-hydroxylation sites is 1. The molecule has 4 nitrogen and oxygen atoms in total. The third-order valence-electron chi connectivity index (χ3n) is 3.06. The zero-order valence-corrected chi connectivity index (χ0v) is 12.2. The van der Waals surface area contributed by atoms with Crippen molar-refractivity contribution < 1.29 is 8.42 Å². The third-order valence-corrected chi connectivity index (χ3v) is 4.85. The number of rotatable bonds is 5. The summed E-state index contributed by atoms with van der Waals surface area (Å²) >= 11 is 0. The van der Waals surface area contributed by atoms with Crippen molar-refractivity contribution in [2.75, 3.05) is 16.8 Å². The summed E-state index contributed by atoms with van der Waals surface area (Å²) in [6.45, 7) is 2.20. The van der Waals surface area contributed by atoms with Crippen LogP contribution in [0.4, 0.5) is 11.4 Å². The summed E-state index contributed by atoms with van der Waals surface area (Å²) in [7, 11) is -3.22. The second-order valence-corrected chi connectivity index (χ2v) is 6.74. The van der Waals surface area contributed by atoms with Crippen LogP contribution in [0.5, 0.6) is 0 Å². The number of hydrogen-bond donors (Lipinski definition) is 2. The molecule has 2 aromatic carbocycles. The smallest absolute Gasteiger partial charge is 0.180 e. The molecule has 0 heterocycles. The predicted molar refractivity (Wildman–Crippen MR) is 82.3 cm³/mol. The molecule has 0 aliphatic heterocycles. The molecule has 0 aliphatic rings. The average Bonchev–Trinajstić information content (AvgIpc) is 2.47. The van der Waals surface area contributed by atoms with Gasteiger partial charge in [0, 0.05) is 12.2 Å². The lowest BCUT2D eigenvalue weighted by molar-refractivity contribution is 0.597. The average molecular weight is 290 g/mol. The van der Waals surface area contributed by atoms with E-state index in [9.17, 15) is 8.42 Å². The van der Waals surface area contributed by atoms with Crippen molar-refractivity contribution in [1.82, 2.24) is 0 Å². The Kier molecular flexibility index (Phi) is 4.29. The first kappa shape index (κ1) is 14.4. The van der Waals surface area contributed by atoms with E-state index in [1.165, 1.54) is 0 Å². The van der Waals surface area contributed by atoms with Gasteiger partial charge in [0.05, 0.1) is 16.3 Å². The first-order chi connectivity index (χ1) is 9.53. The third kappa shape index (κ3) is 3.30. The van der Waals surface area contributed by atoms with Gasteiger partial charge >= 0.3 is 0 Å². The Morgan fingerprint density at radius 3 is 2.35 bits per heavy atom. The van der Waals surface area contributed by atoms with Gasteiger partial charge in [-0.05, 0) is 29.8 Å². The topological polar surface area (TPSA) is 72.2 Å². The molecule has 0 saturated heterocycles. The lowest BCUT2D eigenvalue weighted by Crippen LogP contribution is -2.09. The highest BCUT2D eigenvalue weighted by molar-refractivity contribution is 7.91. The number of hydrogen-bond acceptors (Lipinski definition) is 4. The van der Waals surface area contributed by atoms with Gasteiger partial charge in [-0.1, -0.05) is 31.2 Å². The number of nitrogen functional groups attached to an aromatic ring is 1. The first-order valence-electron chi connectivity index (χ1n) is 6.43. The number of nitrogens with two attached hydrogens (primary N) is 1. The van der Waals surface area contributed by atoms with Gasteiger partial charge in [0.15, 0.2) is 9.84 Å². The molecule has 0 atom stereocenters. The van der Waals surface area contributed by atoms with Gasteiger partial charge in [-0.3, -0.25) is 0 Å². The lowest BCUT2D eigenvalue weighted by Gasteiger charge is -2.12. The summed E-state index contributed by atoms with van der Waals surface area (Å²) in [6, 6.07) is 14.4. The van der Waals surface area contributed by atoms with E-state index in [-0.39, 0.29) is 5.75 Å². The highest BCUT2D eigenvalue weighted by atomic mass is 32.2. The Hall–Kier alpha value is -2.01. The molecule has 0 amide bonds. The van der Waals surface area contributed by atoms with Crippen molar-refractivity contribution >= 4 is 21.2 Å². The minimum absolute atomic E-state index is 0.0908. The van der Waals surface area contributed by atoms with Crippen molar-refractivity contribution in [2.45, 2.75) is 18.4 Å². The van der Waals surface area contributed by atoms with E-state index < -0.39 is 9.84 Å². The lowest BCUT2D eigenvalue weighted by atomic mass is 10.2. The van der Waals surface area contributed by atoms with Gasteiger partial charge < -0.3 is 11.1 Å². The molecular formula is C15H18N2O2S. The van der Waals surface area contributed by atoms with Gasteiger partial charge in [0.2, 0.25) is 0 Å². The van der Waals surface area contributed by atoms with Gasteiger partial charge in [-0.15, -0.1) is 0 Å². The number of benzene rings is 2. The van der Waals surface area contributed by atoms with Crippen LogP contribution in [0.1, 0.15) is 12.5 Å². The SMILES string of the molecule is CCS(=O)(=O)c1ccccc1NCc1ccc(N)cc1. The minimum atomic E-state index is -3.22. The molecule has 106 valence electrons. The fraction of sp³-hybridized carbons (Fsp3) is 0.200. The van der Waals surface area contributed by atoms with Crippen molar-refractivity contribution in [2.24, 2.45) is 0 Å². The summed E-state index contributed by atoms with van der Waals surface area (Å²) in [5.41, 5.74) is 8.02. The molecule has 3 N–H and O–H groups in total. The zero-order chi connectivity index (χ0) is 14.6. The molecule has 2 aromatic rings. The molecule has 2 rings (SSSR count). The quantitative estimate of drug-likeness (QED) is 0.830. The largest absolute Gasteiger partial charge is 0.399 e. The van der Waals surface area contributed by atoms with E-state index in [0.717, 1.165) is 5.56 Å². The summed E-state index contributed by atoms with van der Waals surface area (Å²) < 4.78 is 24.0. The van der Waals surface area contributed by atoms with Crippen molar-refractivity contribution in [3.05, 3.63) is 54.1 Å². The molecule has 0 aromatic heterocycles. The molecule has 0 radical (unpaired) electrons. The summed E-state index contributed by atoms with van der Waals surface area (Å²) in [5, 5.41) is 3.17. The van der Waals surface area contributed by atoms with Crippen molar-refractivity contribution in [3.8, 4) is 0 Å². The van der Waals surface area contributed by atoms with Crippen molar-refractivity contribution in [3.63, 3.8) is 0 Å². The number of sulfone groups is 1. The Balaban J connectivity index is 2.20. The zero-order valence-electron chi connectivity index (χ0n) is 11.3. The number of anilines is 2. The van der Waals surface area contributed by atoms with Crippen LogP contribution in [0.15, 0.2) is 53.4 Å². The van der Waals surface area contributed by atoms with Crippen molar-refractivity contribution in [1.29, 1.82) is 0 Å². The van der Waals surface area contributed by atoms with Gasteiger partial charge in [0.25, 0.3) is 0 Å². The summed E-state index contributed by atoms with van der Waals surface area (Å²) in [4.78, 5) is 0.345. The maximum Gasteiger partial charge on any atom is 0.180 e. The van der Waals surface area contributed by atoms with E-state index >= 15 is 0 Å². The fourth-order valence-electron chi connectivity index (χ4n) is 1.87. The molecule has 0 unspecified atom stereocenters. The molecular weight excluding hydrogens is 272 g/mol. The predicted octanol–water partition coefficient (Wildman–Crippen LogP) is 2.67. The highest BCUT2D eigenvalue weighted by Gasteiger charge is 2.15. The molecule has 0 bridgehead atoms. The van der Waals surface area contributed by atoms with Crippen LogP contribution in [0.25, 0.3) is 0 Å². The normalized spacial score (nSPS) is 11.2. The Morgan fingerprint density at radius 1 is 1.05 bits per heavy atom. The molecule has 0 saturated carbocycles. The molecule has 0 aliphatic carbocycles. The van der Waals surface area contributed by atoms with Crippen LogP contribution in [0.3, 0.4) is 0 Å². The maximum atomic E-state index is 12.0. The molecule has 0 fully saturated rings. The Morgan fingerprint density at radius 2 is 1.70 bits per heavy atom. The highest BCUT2D eigenvalue weighted by Crippen LogP contribution is 2.22. The van der Waals surface area contributed by atoms with Crippen LogP contribution >= 0.6 is 0 Å². The van der Waals surface area contributed by atoms with E-state index in [0.29, 0.717) is 22.8 Å². The monoisotopic (exact) mass is 290 g/mol. The Bertz CT molecular complexity index is 679. The van der Waals surface area contributed by atoms with Gasteiger partial charge in [-0.2, -0.15) is 0 Å². The van der Waals surface area contributed by atoms with Crippen LogP contribution in [0, 0.1) is 0 Å². The molecule has 5 heteroatoms. The van der Waals surface area contributed by atoms with Crippen LogP contribution in [-0.4, -0.2) is 14.2 Å². The van der Waals surface area contributed by atoms with Gasteiger partial charge in [-0.25, -0.2) is 8.42 Å². The van der Waals surface area contributed by atoms with Crippen LogP contribution in [-0.2, 0) is 16.4 Å². The first-order valence-corrected chi connectivity index (χ1v) is 8.08. The molecule has 0 spiro atoms. The second kappa shape index (κ2) is 5.96. The summed E-state index contributed by atoms with van der Waals surface area (Å²) in [6.07, 6.45) is 0. The van der Waals surface area contributed by atoms with E-state index in [4.69, 9.17) is 5.73 Å². The maximum absolute atomic E-state index is 12.0.